The molecule has 1 fully saturated rings. The second-order valence-corrected chi connectivity index (χ2v) is 9.17. The van der Waals surface area contributed by atoms with E-state index in [1.165, 1.54) is 4.90 Å². The molecule has 1 atom stereocenters. The minimum absolute atomic E-state index is 0.250. The van der Waals surface area contributed by atoms with Crippen molar-refractivity contribution < 1.29 is 19.6 Å². The Morgan fingerprint density at radius 3 is 2.43 bits per heavy atom. The van der Waals surface area contributed by atoms with Crippen LogP contribution in [0.1, 0.15) is 52.0 Å². The highest BCUT2D eigenvalue weighted by atomic mass is 16.5. The second kappa shape index (κ2) is 10.4. The molecular weight excluding hydrogens is 384 g/mol. The SMILES string of the molecule is Cc1cccc(NC(=O)NC(C(=O)N(CC(=O)NO)CC2CCCC2)C(C)(C)C)c1. The molecule has 2 rings (SSSR count). The molecule has 0 radical (unpaired) electrons. The van der Waals surface area contributed by atoms with Crippen LogP contribution in [0.25, 0.3) is 0 Å². The van der Waals surface area contributed by atoms with Crippen LogP contribution < -0.4 is 16.1 Å². The number of aryl methyl sites for hydroxylation is 1. The maximum absolute atomic E-state index is 13.4. The highest BCUT2D eigenvalue weighted by molar-refractivity contribution is 5.95. The van der Waals surface area contributed by atoms with Crippen molar-refractivity contribution in [3.8, 4) is 0 Å². The number of benzene rings is 1. The lowest BCUT2D eigenvalue weighted by Gasteiger charge is -2.35. The van der Waals surface area contributed by atoms with Crippen LogP contribution in [0.2, 0.25) is 0 Å². The molecule has 0 aromatic heterocycles. The number of hydroxylamine groups is 1. The first-order valence-corrected chi connectivity index (χ1v) is 10.5. The van der Waals surface area contributed by atoms with Crippen molar-refractivity contribution in [3.05, 3.63) is 29.8 Å². The van der Waals surface area contributed by atoms with Crippen LogP contribution in [-0.4, -0.2) is 47.1 Å². The minimum atomic E-state index is -0.838. The Hall–Kier alpha value is -2.61. The number of urea groups is 1. The zero-order chi connectivity index (χ0) is 22.3. The van der Waals surface area contributed by atoms with Gasteiger partial charge in [-0.1, -0.05) is 45.7 Å². The van der Waals surface area contributed by atoms with Gasteiger partial charge in [0.1, 0.15) is 12.6 Å². The summed E-state index contributed by atoms with van der Waals surface area (Å²) in [5.41, 5.74) is 2.66. The lowest BCUT2D eigenvalue weighted by molar-refractivity contribution is -0.142. The normalized spacial score (nSPS) is 15.4. The van der Waals surface area contributed by atoms with Crippen molar-refractivity contribution in [2.24, 2.45) is 11.3 Å². The van der Waals surface area contributed by atoms with E-state index >= 15 is 0 Å². The summed E-state index contributed by atoms with van der Waals surface area (Å²) in [7, 11) is 0. The van der Waals surface area contributed by atoms with Gasteiger partial charge in [-0.2, -0.15) is 0 Å². The molecule has 0 saturated heterocycles. The van der Waals surface area contributed by atoms with Gasteiger partial charge in [0.2, 0.25) is 5.91 Å². The standard InChI is InChI=1S/C22H34N4O4/c1-15-8-7-11-17(12-15)23-21(29)24-19(22(2,3)4)20(28)26(14-18(27)25-30)13-16-9-5-6-10-16/h7-8,11-12,16,19,30H,5-6,9-10,13-14H2,1-4H3,(H,25,27)(H2,23,24,29). The van der Waals surface area contributed by atoms with Gasteiger partial charge in [0, 0.05) is 12.2 Å². The summed E-state index contributed by atoms with van der Waals surface area (Å²) in [6, 6.07) is 6.06. The van der Waals surface area contributed by atoms with Gasteiger partial charge in [0.05, 0.1) is 0 Å². The lowest BCUT2D eigenvalue weighted by atomic mass is 9.85. The van der Waals surface area contributed by atoms with Gasteiger partial charge in [0.25, 0.3) is 5.91 Å². The third-order valence-corrected chi connectivity index (χ3v) is 5.39. The lowest BCUT2D eigenvalue weighted by Crippen LogP contribution is -2.57. The zero-order valence-electron chi connectivity index (χ0n) is 18.3. The Labute approximate surface area is 178 Å². The molecular formula is C22H34N4O4. The van der Waals surface area contributed by atoms with Crippen LogP contribution in [0, 0.1) is 18.3 Å². The number of anilines is 1. The van der Waals surface area contributed by atoms with Crippen LogP contribution in [0.15, 0.2) is 24.3 Å². The van der Waals surface area contributed by atoms with Gasteiger partial charge < -0.3 is 15.5 Å². The summed E-state index contributed by atoms with van der Waals surface area (Å²) in [6.45, 7) is 7.70. The fraction of sp³-hybridized carbons (Fsp3) is 0.591. The Balaban J connectivity index is 2.15. The third kappa shape index (κ3) is 7.02. The number of nitrogens with one attached hydrogen (secondary N) is 3. The van der Waals surface area contributed by atoms with E-state index in [0.29, 0.717) is 18.2 Å². The number of nitrogens with zero attached hydrogens (tertiary/aromatic N) is 1. The van der Waals surface area contributed by atoms with Gasteiger partial charge in [-0.15, -0.1) is 0 Å². The predicted octanol–water partition coefficient (Wildman–Crippen LogP) is 3.06. The van der Waals surface area contributed by atoms with E-state index in [4.69, 9.17) is 5.21 Å². The molecule has 1 unspecified atom stereocenters. The van der Waals surface area contributed by atoms with Gasteiger partial charge in [-0.05, 0) is 48.8 Å². The summed E-state index contributed by atoms with van der Waals surface area (Å²) in [6.07, 6.45) is 4.23. The molecule has 0 spiro atoms. The number of hydrogen-bond acceptors (Lipinski definition) is 4. The molecule has 4 amide bonds. The third-order valence-electron chi connectivity index (χ3n) is 5.39. The molecule has 0 aliphatic heterocycles. The highest BCUT2D eigenvalue weighted by Crippen LogP contribution is 2.27. The first-order valence-electron chi connectivity index (χ1n) is 10.5. The van der Waals surface area contributed by atoms with Gasteiger partial charge in [-0.25, -0.2) is 10.3 Å². The molecule has 166 valence electrons. The quantitative estimate of drug-likeness (QED) is 0.403. The van der Waals surface area contributed by atoms with Crippen LogP contribution in [0.5, 0.6) is 0 Å². The number of amides is 4. The number of hydrogen-bond donors (Lipinski definition) is 4. The monoisotopic (exact) mass is 418 g/mol. The van der Waals surface area contributed by atoms with Crippen molar-refractivity contribution in [1.29, 1.82) is 0 Å². The van der Waals surface area contributed by atoms with E-state index in [1.807, 2.05) is 45.9 Å². The van der Waals surface area contributed by atoms with E-state index in [0.717, 1.165) is 31.2 Å². The van der Waals surface area contributed by atoms with Gasteiger partial charge in [0.15, 0.2) is 0 Å². The molecule has 30 heavy (non-hydrogen) atoms. The van der Waals surface area contributed by atoms with Crippen LogP contribution >= 0.6 is 0 Å². The van der Waals surface area contributed by atoms with E-state index in [9.17, 15) is 14.4 Å². The Morgan fingerprint density at radius 1 is 1.20 bits per heavy atom. The van der Waals surface area contributed by atoms with E-state index in [-0.39, 0.29) is 12.5 Å². The first-order chi connectivity index (χ1) is 14.1. The fourth-order valence-corrected chi connectivity index (χ4v) is 3.80. The van der Waals surface area contributed by atoms with Crippen molar-refractivity contribution in [1.82, 2.24) is 15.7 Å². The van der Waals surface area contributed by atoms with E-state index in [1.54, 1.807) is 11.5 Å². The van der Waals surface area contributed by atoms with E-state index in [2.05, 4.69) is 10.6 Å². The fourth-order valence-electron chi connectivity index (χ4n) is 3.80. The summed E-state index contributed by atoms with van der Waals surface area (Å²) < 4.78 is 0. The molecule has 0 heterocycles. The average Bonchev–Trinajstić information content (AvgIpc) is 3.17. The summed E-state index contributed by atoms with van der Waals surface area (Å²) in [5, 5.41) is 14.5. The predicted molar refractivity (Wildman–Crippen MR) is 115 cm³/mol. The summed E-state index contributed by atoms with van der Waals surface area (Å²) in [4.78, 5) is 39.3. The largest absolute Gasteiger partial charge is 0.331 e. The first kappa shape index (κ1) is 23.7. The highest BCUT2D eigenvalue weighted by Gasteiger charge is 2.37. The smallest absolute Gasteiger partial charge is 0.319 e. The second-order valence-electron chi connectivity index (χ2n) is 9.17. The number of carbonyl (C=O) groups excluding carboxylic acids is 3. The molecule has 0 bridgehead atoms. The molecule has 1 saturated carbocycles. The van der Waals surface area contributed by atoms with E-state index < -0.39 is 23.4 Å². The topological polar surface area (TPSA) is 111 Å². The number of rotatable bonds is 7. The summed E-state index contributed by atoms with van der Waals surface area (Å²) in [5.74, 6) is -0.669. The van der Waals surface area contributed by atoms with Crippen LogP contribution in [0.3, 0.4) is 0 Å². The molecule has 1 aliphatic carbocycles. The molecule has 1 aliphatic rings. The Bertz CT molecular complexity index is 754. The Morgan fingerprint density at radius 2 is 1.87 bits per heavy atom. The molecule has 8 heteroatoms. The zero-order valence-corrected chi connectivity index (χ0v) is 18.3. The maximum atomic E-state index is 13.4. The maximum Gasteiger partial charge on any atom is 0.319 e. The minimum Gasteiger partial charge on any atom is -0.331 e. The van der Waals surface area contributed by atoms with Crippen LogP contribution in [-0.2, 0) is 9.59 Å². The molecule has 4 N–H and O–H groups in total. The average molecular weight is 419 g/mol. The molecule has 1 aromatic carbocycles. The number of carbonyl (C=O) groups is 3. The van der Waals surface area contributed by atoms with Crippen LogP contribution in [0.4, 0.5) is 10.5 Å². The van der Waals surface area contributed by atoms with Crippen molar-refractivity contribution in [3.63, 3.8) is 0 Å². The summed E-state index contributed by atoms with van der Waals surface area (Å²) >= 11 is 0. The molecule has 1 aromatic rings. The van der Waals surface area contributed by atoms with Gasteiger partial charge >= 0.3 is 6.03 Å². The van der Waals surface area contributed by atoms with Crippen molar-refractivity contribution >= 4 is 23.5 Å². The van der Waals surface area contributed by atoms with Crippen molar-refractivity contribution in [2.75, 3.05) is 18.4 Å². The van der Waals surface area contributed by atoms with Gasteiger partial charge in [-0.3, -0.25) is 14.8 Å². The van der Waals surface area contributed by atoms with Crippen molar-refractivity contribution in [2.45, 2.75) is 59.4 Å². The Kier molecular flexibility index (Phi) is 8.23. The molecule has 8 nitrogen and oxygen atoms in total.